The van der Waals surface area contributed by atoms with Gasteiger partial charge < -0.3 is 10.6 Å². The first-order valence-corrected chi connectivity index (χ1v) is 3.86. The van der Waals surface area contributed by atoms with Crippen LogP contribution in [0.4, 0.5) is 0 Å². The van der Waals surface area contributed by atoms with Gasteiger partial charge in [-0.15, -0.1) is 0 Å². The average Bonchev–Trinajstić information content (AvgIpc) is 2.03. The lowest BCUT2D eigenvalue weighted by Gasteiger charge is -2.25. The molecule has 0 spiro atoms. The van der Waals surface area contributed by atoms with Gasteiger partial charge in [-0.25, -0.2) is 0 Å². The molecule has 4 heteroatoms. The molecule has 0 saturated heterocycles. The highest BCUT2D eigenvalue weighted by Crippen LogP contribution is 2.07. The normalized spacial score (nSPS) is 9.46. The zero-order valence-corrected chi connectivity index (χ0v) is 7.91. The summed E-state index contributed by atoms with van der Waals surface area (Å²) in [5, 5.41) is 0. The summed E-state index contributed by atoms with van der Waals surface area (Å²) in [5.41, 5.74) is 4.99. The van der Waals surface area contributed by atoms with Crippen LogP contribution < -0.4 is 5.73 Å². The molecule has 2 N–H and O–H groups in total. The SMILES string of the molecule is C=CC(=O)N(C(=C)C(N)=O)C(C)C. The van der Waals surface area contributed by atoms with Crippen LogP contribution in [0.25, 0.3) is 0 Å². The molecule has 0 aromatic rings. The Kier molecular flexibility index (Phi) is 3.91. The van der Waals surface area contributed by atoms with Gasteiger partial charge in [0.15, 0.2) is 0 Å². The van der Waals surface area contributed by atoms with E-state index in [4.69, 9.17) is 5.73 Å². The highest BCUT2D eigenvalue weighted by molar-refractivity contribution is 5.98. The highest BCUT2D eigenvalue weighted by Gasteiger charge is 2.20. The Bertz CT molecular complexity index is 256. The molecule has 0 rings (SSSR count). The minimum Gasteiger partial charge on any atom is -0.364 e. The van der Waals surface area contributed by atoms with Crippen molar-refractivity contribution in [3.8, 4) is 0 Å². The topological polar surface area (TPSA) is 63.4 Å². The molecule has 0 heterocycles. The number of amides is 2. The Morgan fingerprint density at radius 2 is 1.92 bits per heavy atom. The molecule has 0 radical (unpaired) electrons. The summed E-state index contributed by atoms with van der Waals surface area (Å²) in [6.45, 7) is 10.3. The van der Waals surface area contributed by atoms with E-state index in [-0.39, 0.29) is 17.6 Å². The first-order valence-electron chi connectivity index (χ1n) is 3.86. The van der Waals surface area contributed by atoms with Gasteiger partial charge in [0.25, 0.3) is 11.8 Å². The molecule has 0 atom stereocenters. The van der Waals surface area contributed by atoms with E-state index in [9.17, 15) is 9.59 Å². The second kappa shape index (κ2) is 4.45. The van der Waals surface area contributed by atoms with Crippen molar-refractivity contribution in [1.82, 2.24) is 4.90 Å². The van der Waals surface area contributed by atoms with E-state index in [0.29, 0.717) is 0 Å². The second-order valence-electron chi connectivity index (χ2n) is 2.82. The van der Waals surface area contributed by atoms with E-state index in [1.165, 1.54) is 4.90 Å². The Morgan fingerprint density at radius 1 is 1.46 bits per heavy atom. The van der Waals surface area contributed by atoms with Crippen LogP contribution in [0.1, 0.15) is 13.8 Å². The summed E-state index contributed by atoms with van der Waals surface area (Å²) < 4.78 is 0. The van der Waals surface area contributed by atoms with Crippen LogP contribution in [0.3, 0.4) is 0 Å². The number of nitrogens with two attached hydrogens (primary N) is 1. The maximum atomic E-state index is 11.2. The van der Waals surface area contributed by atoms with Crippen LogP contribution >= 0.6 is 0 Å². The molecule has 0 saturated carbocycles. The molecule has 0 aliphatic rings. The quantitative estimate of drug-likeness (QED) is 0.640. The van der Waals surface area contributed by atoms with Gasteiger partial charge >= 0.3 is 0 Å². The summed E-state index contributed by atoms with van der Waals surface area (Å²) in [6, 6.07) is -0.162. The Morgan fingerprint density at radius 3 is 2.15 bits per heavy atom. The smallest absolute Gasteiger partial charge is 0.264 e. The molecule has 2 amide bonds. The van der Waals surface area contributed by atoms with Gasteiger partial charge in [-0.3, -0.25) is 9.59 Å². The molecule has 0 aliphatic heterocycles. The van der Waals surface area contributed by atoms with Crippen LogP contribution in [-0.2, 0) is 9.59 Å². The molecule has 0 aromatic carbocycles. The molecule has 0 aliphatic carbocycles. The Labute approximate surface area is 77.7 Å². The van der Waals surface area contributed by atoms with E-state index in [1.54, 1.807) is 13.8 Å². The van der Waals surface area contributed by atoms with Crippen molar-refractivity contribution >= 4 is 11.8 Å². The molecule has 72 valence electrons. The van der Waals surface area contributed by atoms with Crippen molar-refractivity contribution < 1.29 is 9.59 Å². The van der Waals surface area contributed by atoms with Gasteiger partial charge in [-0.05, 0) is 19.9 Å². The summed E-state index contributed by atoms with van der Waals surface area (Å²) in [7, 11) is 0. The zero-order valence-electron chi connectivity index (χ0n) is 7.91. The van der Waals surface area contributed by atoms with Crippen LogP contribution in [0.5, 0.6) is 0 Å². The van der Waals surface area contributed by atoms with Crippen molar-refractivity contribution in [1.29, 1.82) is 0 Å². The fourth-order valence-electron chi connectivity index (χ4n) is 0.916. The number of hydrogen-bond acceptors (Lipinski definition) is 2. The lowest BCUT2D eigenvalue weighted by molar-refractivity contribution is -0.129. The molecule has 4 nitrogen and oxygen atoms in total. The lowest BCUT2D eigenvalue weighted by Crippen LogP contribution is -2.39. The number of primary amides is 1. The third-order valence-electron chi connectivity index (χ3n) is 1.50. The lowest BCUT2D eigenvalue weighted by atomic mass is 10.2. The van der Waals surface area contributed by atoms with Gasteiger partial charge in [-0.1, -0.05) is 13.2 Å². The second-order valence-corrected chi connectivity index (χ2v) is 2.82. The van der Waals surface area contributed by atoms with Gasteiger partial charge in [0.2, 0.25) is 0 Å². The number of carbonyl (C=O) groups is 2. The van der Waals surface area contributed by atoms with Crippen LogP contribution in [0, 0.1) is 0 Å². The molecular formula is C9H14N2O2. The Hall–Kier alpha value is -1.58. The predicted octanol–water partition coefficient (Wildman–Crippen LogP) is 0.408. The van der Waals surface area contributed by atoms with Crippen LogP contribution in [0.15, 0.2) is 24.9 Å². The van der Waals surface area contributed by atoms with Crippen molar-refractivity contribution in [3.05, 3.63) is 24.9 Å². The summed E-state index contributed by atoms with van der Waals surface area (Å²) >= 11 is 0. The maximum Gasteiger partial charge on any atom is 0.264 e. The number of rotatable bonds is 4. The number of carbonyl (C=O) groups excluding carboxylic acids is 2. The summed E-state index contributed by atoms with van der Waals surface area (Å²) in [5.74, 6) is -1.08. The van der Waals surface area contributed by atoms with Gasteiger partial charge in [0.1, 0.15) is 5.70 Å². The maximum absolute atomic E-state index is 11.2. The highest BCUT2D eigenvalue weighted by atomic mass is 16.2. The fraction of sp³-hybridized carbons (Fsp3) is 0.333. The first kappa shape index (κ1) is 11.4. The minimum absolute atomic E-state index is 0.0140. The van der Waals surface area contributed by atoms with Crippen LogP contribution in [-0.4, -0.2) is 22.8 Å². The van der Waals surface area contributed by atoms with Gasteiger partial charge in [-0.2, -0.15) is 0 Å². The van der Waals surface area contributed by atoms with Crippen molar-refractivity contribution in [2.75, 3.05) is 0 Å². The summed E-state index contributed by atoms with van der Waals surface area (Å²) in [6.07, 6.45) is 1.12. The zero-order chi connectivity index (χ0) is 10.6. The number of hydrogen-bond donors (Lipinski definition) is 1. The molecular weight excluding hydrogens is 168 g/mol. The molecule has 13 heavy (non-hydrogen) atoms. The molecule has 0 aromatic heterocycles. The minimum atomic E-state index is -0.705. The third kappa shape index (κ3) is 2.74. The van der Waals surface area contributed by atoms with Crippen molar-refractivity contribution in [2.24, 2.45) is 5.73 Å². The van der Waals surface area contributed by atoms with E-state index < -0.39 is 5.91 Å². The Balaban J connectivity index is 4.81. The van der Waals surface area contributed by atoms with Crippen molar-refractivity contribution in [2.45, 2.75) is 19.9 Å². The van der Waals surface area contributed by atoms with E-state index in [1.807, 2.05) is 0 Å². The number of nitrogens with zero attached hydrogens (tertiary/aromatic N) is 1. The van der Waals surface area contributed by atoms with E-state index in [2.05, 4.69) is 13.2 Å². The average molecular weight is 182 g/mol. The first-order chi connectivity index (χ1) is 5.91. The van der Waals surface area contributed by atoms with Crippen molar-refractivity contribution in [3.63, 3.8) is 0 Å². The molecule has 0 bridgehead atoms. The largest absolute Gasteiger partial charge is 0.364 e. The third-order valence-corrected chi connectivity index (χ3v) is 1.50. The van der Waals surface area contributed by atoms with E-state index in [0.717, 1.165) is 6.08 Å². The molecule has 0 unspecified atom stereocenters. The predicted molar refractivity (Wildman–Crippen MR) is 50.5 cm³/mol. The summed E-state index contributed by atoms with van der Waals surface area (Å²) in [4.78, 5) is 23.2. The standard InChI is InChI=1S/C9H14N2O2/c1-5-8(12)11(6(2)3)7(4)9(10)13/h5-6H,1,4H2,2-3H3,(H2,10,13). The molecule has 0 fully saturated rings. The van der Waals surface area contributed by atoms with E-state index >= 15 is 0 Å². The fourth-order valence-corrected chi connectivity index (χ4v) is 0.916. The van der Waals surface area contributed by atoms with Crippen LogP contribution in [0.2, 0.25) is 0 Å². The van der Waals surface area contributed by atoms with Gasteiger partial charge in [0, 0.05) is 6.04 Å². The monoisotopic (exact) mass is 182 g/mol. The van der Waals surface area contributed by atoms with Gasteiger partial charge in [0.05, 0.1) is 0 Å².